The van der Waals surface area contributed by atoms with Crippen molar-refractivity contribution < 1.29 is 42.3 Å². The Morgan fingerprint density at radius 2 is 1.13 bits per heavy atom. The standard InChI is InChI=1S/C34H39N7O4.C2HF3O2/c1-21(42)39-30(20-23-13-15-25-8-3-5-10-27(25)18-23)33(45)40-28(11-6-16-38-34(36)37)32(44)41-29(31(35)43)19-22-12-14-24-7-2-4-9-26(24)17-22;3-2(4,5)1(6)7/h2-5,7-10,12-15,17-18,28-30H,6,11,16,19-20H2,1H3,(H2,35,43)(H,39,42)(H,40,45)(H,41,44)(H4,36,37,38);(H,6,7)/t28-,29-,30+;/m0./s1. The molecular formula is C36H40F3N7O6. The van der Waals surface area contributed by atoms with Crippen molar-refractivity contribution >= 4 is 57.1 Å². The number of benzene rings is 4. The van der Waals surface area contributed by atoms with E-state index in [4.69, 9.17) is 27.1 Å². The van der Waals surface area contributed by atoms with E-state index in [0.717, 1.165) is 32.7 Å². The summed E-state index contributed by atoms with van der Waals surface area (Å²) in [4.78, 5) is 64.5. The van der Waals surface area contributed by atoms with Gasteiger partial charge in [-0.05, 0) is 45.5 Å². The van der Waals surface area contributed by atoms with Gasteiger partial charge in [0, 0.05) is 26.3 Å². The van der Waals surface area contributed by atoms with Gasteiger partial charge in [0.05, 0.1) is 0 Å². The number of alkyl halides is 3. The van der Waals surface area contributed by atoms with Crippen LogP contribution < -0.4 is 33.2 Å². The lowest BCUT2D eigenvalue weighted by Crippen LogP contribution is -2.57. The SMILES string of the molecule is CC(=O)N[C@H](Cc1ccc2ccccc2c1)C(=O)N[C@@H](CCCN=C(N)N)C(=O)N[C@@H](Cc1ccc2ccccc2c1)C(N)=O.O=C(O)C(F)(F)F. The molecule has 0 saturated heterocycles. The van der Waals surface area contributed by atoms with Crippen LogP contribution in [0.1, 0.15) is 30.9 Å². The average molecular weight is 724 g/mol. The molecule has 0 aliphatic carbocycles. The third-order valence-corrected chi connectivity index (χ3v) is 7.68. The van der Waals surface area contributed by atoms with Crippen LogP contribution >= 0.6 is 0 Å². The normalized spacial score (nSPS) is 12.7. The van der Waals surface area contributed by atoms with Crippen LogP contribution in [-0.4, -0.2) is 71.5 Å². The number of amides is 4. The van der Waals surface area contributed by atoms with Crippen LogP contribution in [0.5, 0.6) is 0 Å². The number of carbonyl (C=O) groups excluding carboxylic acids is 4. The van der Waals surface area contributed by atoms with Crippen molar-refractivity contribution in [1.82, 2.24) is 16.0 Å². The number of primary amides is 1. The van der Waals surface area contributed by atoms with Crippen molar-refractivity contribution in [2.75, 3.05) is 6.54 Å². The van der Waals surface area contributed by atoms with Crippen LogP contribution in [0.2, 0.25) is 0 Å². The highest BCUT2D eigenvalue weighted by molar-refractivity contribution is 5.94. The Balaban J connectivity index is 0.000000944. The van der Waals surface area contributed by atoms with Gasteiger partial charge in [0.25, 0.3) is 0 Å². The summed E-state index contributed by atoms with van der Waals surface area (Å²) in [6, 6.07) is 24.2. The quantitative estimate of drug-likeness (QED) is 0.0579. The molecule has 0 unspecified atom stereocenters. The number of nitrogens with one attached hydrogen (secondary N) is 3. The topological polar surface area (TPSA) is 232 Å². The number of carbonyl (C=O) groups is 5. The number of fused-ring (bicyclic) bond motifs is 2. The number of aliphatic carboxylic acids is 1. The number of carboxylic acids is 1. The molecule has 4 aromatic rings. The zero-order valence-electron chi connectivity index (χ0n) is 28.2. The fourth-order valence-electron chi connectivity index (χ4n) is 5.20. The third-order valence-electron chi connectivity index (χ3n) is 7.68. The minimum atomic E-state index is -5.08. The zero-order chi connectivity index (χ0) is 38.4. The van der Waals surface area contributed by atoms with E-state index in [0.29, 0.717) is 6.42 Å². The lowest BCUT2D eigenvalue weighted by atomic mass is 10.00. The van der Waals surface area contributed by atoms with E-state index in [2.05, 4.69) is 20.9 Å². The minimum absolute atomic E-state index is 0.0923. The summed E-state index contributed by atoms with van der Waals surface area (Å²) in [5.41, 5.74) is 18.2. The molecule has 0 radical (unpaired) electrons. The van der Waals surface area contributed by atoms with Crippen molar-refractivity contribution in [3.05, 3.63) is 96.1 Å². The monoisotopic (exact) mass is 723 g/mol. The molecule has 0 saturated carbocycles. The second-order valence-corrected chi connectivity index (χ2v) is 11.8. The van der Waals surface area contributed by atoms with Gasteiger partial charge in [0.2, 0.25) is 23.6 Å². The van der Waals surface area contributed by atoms with Crippen LogP contribution in [0.15, 0.2) is 89.9 Å². The molecule has 52 heavy (non-hydrogen) atoms. The first-order chi connectivity index (χ1) is 24.5. The second-order valence-electron chi connectivity index (χ2n) is 11.8. The zero-order valence-corrected chi connectivity index (χ0v) is 28.2. The molecule has 0 heterocycles. The smallest absolute Gasteiger partial charge is 0.475 e. The molecule has 16 heteroatoms. The van der Waals surface area contributed by atoms with E-state index >= 15 is 0 Å². The highest BCUT2D eigenvalue weighted by Crippen LogP contribution is 2.19. The van der Waals surface area contributed by atoms with E-state index in [1.54, 1.807) is 0 Å². The summed E-state index contributed by atoms with van der Waals surface area (Å²) < 4.78 is 31.7. The minimum Gasteiger partial charge on any atom is -0.475 e. The van der Waals surface area contributed by atoms with Crippen LogP contribution in [0.25, 0.3) is 21.5 Å². The maximum absolute atomic E-state index is 13.6. The number of nitrogens with zero attached hydrogens (tertiary/aromatic N) is 1. The number of halogens is 3. The van der Waals surface area contributed by atoms with Gasteiger partial charge in [-0.1, -0.05) is 84.9 Å². The Morgan fingerprint density at radius 1 is 0.692 bits per heavy atom. The van der Waals surface area contributed by atoms with Gasteiger partial charge < -0.3 is 38.3 Å². The predicted octanol–water partition coefficient (Wildman–Crippen LogP) is 2.42. The Bertz CT molecular complexity index is 1930. The molecule has 4 aromatic carbocycles. The molecule has 0 aliphatic rings. The molecule has 0 fully saturated rings. The van der Waals surface area contributed by atoms with Crippen molar-refractivity contribution in [1.29, 1.82) is 0 Å². The van der Waals surface area contributed by atoms with Gasteiger partial charge in [-0.3, -0.25) is 24.2 Å². The van der Waals surface area contributed by atoms with Gasteiger partial charge in [0.15, 0.2) is 5.96 Å². The lowest BCUT2D eigenvalue weighted by Gasteiger charge is -2.25. The molecular weight excluding hydrogens is 683 g/mol. The maximum atomic E-state index is 13.6. The van der Waals surface area contributed by atoms with E-state index in [9.17, 15) is 32.3 Å². The summed E-state index contributed by atoms with van der Waals surface area (Å²) >= 11 is 0. The van der Waals surface area contributed by atoms with Crippen LogP contribution in [0.4, 0.5) is 13.2 Å². The molecule has 4 amide bonds. The van der Waals surface area contributed by atoms with Crippen molar-refractivity contribution in [3.8, 4) is 0 Å². The number of aliphatic imine (C=N–C) groups is 1. The van der Waals surface area contributed by atoms with Crippen molar-refractivity contribution in [3.63, 3.8) is 0 Å². The molecule has 3 atom stereocenters. The summed E-state index contributed by atoms with van der Waals surface area (Å²) in [7, 11) is 0. The average Bonchev–Trinajstić information content (AvgIpc) is 3.08. The second kappa shape index (κ2) is 18.7. The van der Waals surface area contributed by atoms with Crippen LogP contribution in [0, 0.1) is 0 Å². The van der Waals surface area contributed by atoms with E-state index in [1.807, 2.05) is 84.9 Å². The number of carboxylic acid groups (broad SMARTS) is 1. The molecule has 4 rings (SSSR count). The van der Waals surface area contributed by atoms with Crippen LogP contribution in [0.3, 0.4) is 0 Å². The fourth-order valence-corrected chi connectivity index (χ4v) is 5.20. The van der Waals surface area contributed by atoms with Gasteiger partial charge in [0.1, 0.15) is 18.1 Å². The Morgan fingerprint density at radius 3 is 1.58 bits per heavy atom. The molecule has 0 spiro atoms. The Kier molecular flexibility index (Phi) is 14.5. The van der Waals surface area contributed by atoms with Crippen LogP contribution in [-0.2, 0) is 36.8 Å². The molecule has 0 aliphatic heterocycles. The van der Waals surface area contributed by atoms with Crippen molar-refractivity contribution in [2.45, 2.75) is 56.9 Å². The number of rotatable bonds is 14. The first kappa shape index (κ1) is 40.2. The first-order valence-corrected chi connectivity index (χ1v) is 16.0. The van der Waals surface area contributed by atoms with Gasteiger partial charge in [-0.2, -0.15) is 13.2 Å². The summed E-state index contributed by atoms with van der Waals surface area (Å²) in [6.45, 7) is 1.55. The lowest BCUT2D eigenvalue weighted by molar-refractivity contribution is -0.192. The summed E-state index contributed by atoms with van der Waals surface area (Å²) in [5, 5.41) is 19.4. The molecule has 10 N–H and O–H groups in total. The van der Waals surface area contributed by atoms with E-state index in [1.165, 1.54) is 6.92 Å². The molecule has 0 aromatic heterocycles. The van der Waals surface area contributed by atoms with Crippen molar-refractivity contribution in [2.24, 2.45) is 22.2 Å². The number of nitrogens with two attached hydrogens (primary N) is 3. The van der Waals surface area contributed by atoms with E-state index in [-0.39, 0.29) is 31.8 Å². The fraction of sp³-hybridized carbons (Fsp3) is 0.278. The maximum Gasteiger partial charge on any atom is 0.490 e. The Hall–Kier alpha value is -6.19. The molecule has 13 nitrogen and oxygen atoms in total. The highest BCUT2D eigenvalue weighted by atomic mass is 19.4. The summed E-state index contributed by atoms with van der Waals surface area (Å²) in [6.07, 6.45) is -4.20. The number of hydrogen-bond donors (Lipinski definition) is 7. The third kappa shape index (κ3) is 12.9. The van der Waals surface area contributed by atoms with Gasteiger partial charge in [-0.25, -0.2) is 4.79 Å². The number of guanidine groups is 1. The van der Waals surface area contributed by atoms with E-state index < -0.39 is 53.9 Å². The Labute approximate surface area is 296 Å². The summed E-state index contributed by atoms with van der Waals surface area (Å²) in [5.74, 6) is -5.10. The molecule has 276 valence electrons. The van der Waals surface area contributed by atoms with Gasteiger partial charge >= 0.3 is 12.1 Å². The predicted molar refractivity (Wildman–Crippen MR) is 190 cm³/mol. The first-order valence-electron chi connectivity index (χ1n) is 16.0. The molecule has 0 bridgehead atoms. The highest BCUT2D eigenvalue weighted by Gasteiger charge is 2.38. The number of hydrogen-bond acceptors (Lipinski definition) is 6. The largest absolute Gasteiger partial charge is 0.490 e. The van der Waals surface area contributed by atoms with Gasteiger partial charge in [-0.15, -0.1) is 0 Å².